The van der Waals surface area contributed by atoms with Crippen LogP contribution >= 0.6 is 0 Å². The Kier molecular flexibility index (Phi) is 5.17. The summed E-state index contributed by atoms with van der Waals surface area (Å²) in [7, 11) is 0. The van der Waals surface area contributed by atoms with E-state index in [4.69, 9.17) is 4.52 Å². The van der Waals surface area contributed by atoms with Crippen molar-refractivity contribution in [3.63, 3.8) is 0 Å². The van der Waals surface area contributed by atoms with Gasteiger partial charge in [0.1, 0.15) is 0 Å². The Balaban J connectivity index is 1.40. The molecule has 1 aliphatic rings. The predicted molar refractivity (Wildman–Crippen MR) is 107 cm³/mol. The van der Waals surface area contributed by atoms with Crippen LogP contribution in [-0.4, -0.2) is 49.0 Å². The molecule has 0 saturated carbocycles. The molecule has 2 aromatic heterocycles. The zero-order valence-corrected chi connectivity index (χ0v) is 17.3. The van der Waals surface area contributed by atoms with Crippen LogP contribution in [0.3, 0.4) is 0 Å². The molecule has 1 aliphatic heterocycles. The van der Waals surface area contributed by atoms with Crippen LogP contribution in [0.4, 0.5) is 0 Å². The standard InChI is InChI=1S/C21H26N6O2/c1-13(2)19-22-20(29-24-19)18-12-27(25-23-18)17-7-9-26(10-8-17)21(28)16-6-5-14(3)15(4)11-16/h5-6,11-13,17H,7-10H2,1-4H3. The lowest BCUT2D eigenvalue weighted by Gasteiger charge is -2.32. The van der Waals surface area contributed by atoms with Gasteiger partial charge in [-0.15, -0.1) is 5.10 Å². The van der Waals surface area contributed by atoms with Gasteiger partial charge in [0, 0.05) is 24.6 Å². The Bertz CT molecular complexity index is 1010. The zero-order valence-electron chi connectivity index (χ0n) is 17.3. The summed E-state index contributed by atoms with van der Waals surface area (Å²) in [4.78, 5) is 19.1. The minimum Gasteiger partial charge on any atom is -0.338 e. The summed E-state index contributed by atoms with van der Waals surface area (Å²) in [5, 5.41) is 12.4. The normalized spacial score (nSPS) is 15.3. The molecule has 1 amide bonds. The molecule has 0 radical (unpaired) electrons. The van der Waals surface area contributed by atoms with Gasteiger partial charge >= 0.3 is 0 Å². The van der Waals surface area contributed by atoms with Gasteiger partial charge in [0.2, 0.25) is 0 Å². The van der Waals surface area contributed by atoms with Crippen LogP contribution in [-0.2, 0) is 0 Å². The van der Waals surface area contributed by atoms with Crippen LogP contribution in [0.5, 0.6) is 0 Å². The highest BCUT2D eigenvalue weighted by Crippen LogP contribution is 2.25. The summed E-state index contributed by atoms with van der Waals surface area (Å²) < 4.78 is 7.15. The highest BCUT2D eigenvalue weighted by atomic mass is 16.5. The number of aromatic nitrogens is 5. The summed E-state index contributed by atoms with van der Waals surface area (Å²) in [5.41, 5.74) is 3.68. The van der Waals surface area contributed by atoms with Crippen LogP contribution in [0.15, 0.2) is 28.9 Å². The summed E-state index contributed by atoms with van der Waals surface area (Å²) in [6.07, 6.45) is 3.52. The van der Waals surface area contributed by atoms with Crippen molar-refractivity contribution in [1.82, 2.24) is 30.0 Å². The molecule has 0 unspecified atom stereocenters. The van der Waals surface area contributed by atoms with E-state index in [0.717, 1.165) is 24.0 Å². The molecular weight excluding hydrogens is 368 g/mol. The van der Waals surface area contributed by atoms with Crippen molar-refractivity contribution in [1.29, 1.82) is 0 Å². The minimum atomic E-state index is 0.0953. The molecule has 0 spiro atoms. The van der Waals surface area contributed by atoms with E-state index in [1.54, 1.807) is 0 Å². The molecule has 3 heterocycles. The van der Waals surface area contributed by atoms with Gasteiger partial charge in [-0.05, 0) is 49.9 Å². The van der Waals surface area contributed by atoms with Crippen molar-refractivity contribution in [2.75, 3.05) is 13.1 Å². The average molecular weight is 394 g/mol. The number of rotatable bonds is 4. The first kappa shape index (κ1) is 19.3. The molecule has 0 bridgehead atoms. The Labute approximate surface area is 169 Å². The first-order chi connectivity index (χ1) is 13.9. The van der Waals surface area contributed by atoms with Gasteiger partial charge in [-0.2, -0.15) is 4.98 Å². The first-order valence-electron chi connectivity index (χ1n) is 10.0. The summed E-state index contributed by atoms with van der Waals surface area (Å²) in [5.74, 6) is 1.34. The quantitative estimate of drug-likeness (QED) is 0.672. The Morgan fingerprint density at radius 3 is 2.59 bits per heavy atom. The third kappa shape index (κ3) is 3.92. The summed E-state index contributed by atoms with van der Waals surface area (Å²) in [6.45, 7) is 9.51. The van der Waals surface area contributed by atoms with Crippen molar-refractivity contribution in [3.05, 3.63) is 46.9 Å². The molecule has 4 rings (SSSR count). The maximum Gasteiger partial charge on any atom is 0.280 e. The molecule has 1 saturated heterocycles. The van der Waals surface area contributed by atoms with Crippen LogP contribution in [0.25, 0.3) is 11.6 Å². The van der Waals surface area contributed by atoms with E-state index >= 15 is 0 Å². The third-order valence-electron chi connectivity index (χ3n) is 5.57. The second-order valence-corrected chi connectivity index (χ2v) is 8.02. The maximum absolute atomic E-state index is 12.8. The number of hydrogen-bond donors (Lipinski definition) is 0. The zero-order chi connectivity index (χ0) is 20.5. The highest BCUT2D eigenvalue weighted by Gasteiger charge is 2.26. The van der Waals surface area contributed by atoms with Crippen LogP contribution in [0, 0.1) is 13.8 Å². The van der Waals surface area contributed by atoms with Gasteiger partial charge in [-0.3, -0.25) is 4.79 Å². The molecule has 29 heavy (non-hydrogen) atoms. The topological polar surface area (TPSA) is 89.9 Å². The molecule has 0 atom stereocenters. The summed E-state index contributed by atoms with van der Waals surface area (Å²) >= 11 is 0. The number of nitrogens with zero attached hydrogens (tertiary/aromatic N) is 6. The molecule has 152 valence electrons. The molecule has 8 nitrogen and oxygen atoms in total. The van der Waals surface area contributed by atoms with Crippen LogP contribution in [0.2, 0.25) is 0 Å². The number of amides is 1. The molecule has 1 fully saturated rings. The molecule has 0 N–H and O–H groups in total. The fourth-order valence-corrected chi connectivity index (χ4v) is 3.52. The number of carbonyl (C=O) groups excluding carboxylic acids is 1. The summed E-state index contributed by atoms with van der Waals surface area (Å²) in [6, 6.07) is 6.10. The number of carbonyl (C=O) groups is 1. The lowest BCUT2D eigenvalue weighted by Crippen LogP contribution is -2.39. The van der Waals surface area contributed by atoms with E-state index in [-0.39, 0.29) is 17.9 Å². The Hall–Kier alpha value is -3.03. The first-order valence-corrected chi connectivity index (χ1v) is 10.0. The molecular formula is C21H26N6O2. The minimum absolute atomic E-state index is 0.0953. The lowest BCUT2D eigenvalue weighted by molar-refractivity contribution is 0.0689. The number of aryl methyl sites for hydroxylation is 2. The van der Waals surface area contributed by atoms with Gasteiger partial charge < -0.3 is 9.42 Å². The average Bonchev–Trinajstić information content (AvgIpc) is 3.39. The van der Waals surface area contributed by atoms with Crippen LogP contribution < -0.4 is 0 Å². The Morgan fingerprint density at radius 1 is 1.17 bits per heavy atom. The van der Waals surface area contributed by atoms with Crippen molar-refractivity contribution in [2.24, 2.45) is 0 Å². The highest BCUT2D eigenvalue weighted by molar-refractivity contribution is 5.94. The van der Waals surface area contributed by atoms with E-state index in [1.165, 1.54) is 5.56 Å². The van der Waals surface area contributed by atoms with Gasteiger partial charge in [0.15, 0.2) is 11.5 Å². The van der Waals surface area contributed by atoms with Gasteiger partial charge in [0.25, 0.3) is 11.8 Å². The van der Waals surface area contributed by atoms with Gasteiger partial charge in [-0.25, -0.2) is 4.68 Å². The number of piperidine rings is 1. The lowest BCUT2D eigenvalue weighted by atomic mass is 10.0. The van der Waals surface area contributed by atoms with Crippen molar-refractivity contribution >= 4 is 5.91 Å². The molecule has 8 heteroatoms. The second-order valence-electron chi connectivity index (χ2n) is 8.02. The van der Waals surface area contributed by atoms with E-state index in [0.29, 0.717) is 30.5 Å². The largest absolute Gasteiger partial charge is 0.338 e. The number of likely N-dealkylation sites (tertiary alicyclic amines) is 1. The van der Waals surface area contributed by atoms with E-state index < -0.39 is 0 Å². The number of hydrogen-bond acceptors (Lipinski definition) is 6. The molecule has 1 aromatic carbocycles. The van der Waals surface area contributed by atoms with Gasteiger partial charge in [0.05, 0.1) is 12.2 Å². The SMILES string of the molecule is Cc1ccc(C(=O)N2CCC(n3cc(-c4nc(C(C)C)no4)nn3)CC2)cc1C. The van der Waals surface area contributed by atoms with Gasteiger partial charge in [-0.1, -0.05) is 30.3 Å². The van der Waals surface area contributed by atoms with E-state index in [2.05, 4.69) is 27.4 Å². The maximum atomic E-state index is 12.8. The van der Waals surface area contributed by atoms with Crippen molar-refractivity contribution in [2.45, 2.75) is 52.5 Å². The molecule has 3 aromatic rings. The third-order valence-corrected chi connectivity index (χ3v) is 5.57. The van der Waals surface area contributed by atoms with Crippen molar-refractivity contribution < 1.29 is 9.32 Å². The Morgan fingerprint density at radius 2 is 1.93 bits per heavy atom. The van der Waals surface area contributed by atoms with Crippen molar-refractivity contribution in [3.8, 4) is 11.6 Å². The van der Waals surface area contributed by atoms with Crippen LogP contribution in [0.1, 0.15) is 66.0 Å². The van der Waals surface area contributed by atoms with E-state index in [1.807, 2.05) is 54.7 Å². The fourth-order valence-electron chi connectivity index (χ4n) is 3.52. The molecule has 0 aliphatic carbocycles. The smallest absolute Gasteiger partial charge is 0.280 e. The fraction of sp³-hybridized carbons (Fsp3) is 0.476. The number of benzene rings is 1. The monoisotopic (exact) mass is 394 g/mol. The predicted octanol–water partition coefficient (Wildman–Crippen LogP) is 3.55. The van der Waals surface area contributed by atoms with E-state index in [9.17, 15) is 4.79 Å². The second kappa shape index (κ2) is 7.77.